The third kappa shape index (κ3) is 3.90. The van der Waals surface area contributed by atoms with Gasteiger partial charge in [-0.15, -0.1) is 0 Å². The first-order chi connectivity index (χ1) is 9.88. The van der Waals surface area contributed by atoms with Gasteiger partial charge in [-0.2, -0.15) is 0 Å². The number of sulfonamides is 1. The molecule has 0 aliphatic rings. The third-order valence-corrected chi connectivity index (χ3v) is 4.45. The van der Waals surface area contributed by atoms with E-state index in [0.29, 0.717) is 5.56 Å². The van der Waals surface area contributed by atoms with Crippen molar-refractivity contribution < 1.29 is 13.2 Å². The van der Waals surface area contributed by atoms with Gasteiger partial charge in [-0.05, 0) is 36.8 Å². The number of hydrogen-bond donors (Lipinski definition) is 2. The summed E-state index contributed by atoms with van der Waals surface area (Å²) in [5.41, 5.74) is 7.28. The van der Waals surface area contributed by atoms with Crippen molar-refractivity contribution in [2.75, 3.05) is 0 Å². The standard InChI is InChI=1S/C15H16N2O3S/c1-11-2-8-14(9-3-11)21(19,20)17-10-12-4-6-13(7-5-12)15(16)18/h2-9,17H,10H2,1H3,(H2,16,18). The van der Waals surface area contributed by atoms with Crippen molar-refractivity contribution >= 4 is 15.9 Å². The Morgan fingerprint density at radius 3 is 2.14 bits per heavy atom. The van der Waals surface area contributed by atoms with E-state index in [1.165, 1.54) is 0 Å². The highest BCUT2D eigenvalue weighted by Crippen LogP contribution is 2.11. The minimum atomic E-state index is -3.54. The normalized spacial score (nSPS) is 11.3. The summed E-state index contributed by atoms with van der Waals surface area (Å²) >= 11 is 0. The summed E-state index contributed by atoms with van der Waals surface area (Å²) in [6.45, 7) is 2.04. The molecule has 0 saturated carbocycles. The largest absolute Gasteiger partial charge is 0.366 e. The number of amides is 1. The lowest BCUT2D eigenvalue weighted by molar-refractivity contribution is 0.100. The Labute approximate surface area is 123 Å². The van der Waals surface area contributed by atoms with Crippen LogP contribution in [-0.2, 0) is 16.6 Å². The van der Waals surface area contributed by atoms with Gasteiger partial charge in [0.2, 0.25) is 15.9 Å². The molecule has 110 valence electrons. The van der Waals surface area contributed by atoms with Crippen molar-refractivity contribution in [1.82, 2.24) is 4.72 Å². The van der Waals surface area contributed by atoms with E-state index in [1.807, 2.05) is 6.92 Å². The molecule has 1 amide bonds. The highest BCUT2D eigenvalue weighted by atomic mass is 32.2. The predicted octanol–water partition coefficient (Wildman–Crippen LogP) is 1.57. The fraction of sp³-hybridized carbons (Fsp3) is 0.133. The first kappa shape index (κ1) is 15.2. The zero-order chi connectivity index (χ0) is 15.5. The van der Waals surface area contributed by atoms with Crippen LogP contribution in [0.25, 0.3) is 0 Å². The molecule has 2 aromatic carbocycles. The van der Waals surface area contributed by atoms with Crippen molar-refractivity contribution in [2.45, 2.75) is 18.4 Å². The van der Waals surface area contributed by atoms with E-state index in [0.717, 1.165) is 11.1 Å². The molecule has 0 bridgehead atoms. The van der Waals surface area contributed by atoms with Crippen LogP contribution in [0.1, 0.15) is 21.5 Å². The van der Waals surface area contributed by atoms with Gasteiger partial charge < -0.3 is 5.73 Å². The van der Waals surface area contributed by atoms with Crippen LogP contribution in [0.5, 0.6) is 0 Å². The van der Waals surface area contributed by atoms with Gasteiger partial charge in [0.05, 0.1) is 4.90 Å². The highest BCUT2D eigenvalue weighted by molar-refractivity contribution is 7.89. The average molecular weight is 304 g/mol. The van der Waals surface area contributed by atoms with Crippen molar-refractivity contribution in [3.05, 3.63) is 65.2 Å². The van der Waals surface area contributed by atoms with Crippen molar-refractivity contribution in [3.8, 4) is 0 Å². The van der Waals surface area contributed by atoms with Crippen molar-refractivity contribution in [2.24, 2.45) is 5.73 Å². The van der Waals surface area contributed by atoms with E-state index in [4.69, 9.17) is 5.73 Å². The Hall–Kier alpha value is -2.18. The Kier molecular flexibility index (Phi) is 4.40. The number of rotatable bonds is 5. The second kappa shape index (κ2) is 6.07. The number of aryl methyl sites for hydroxylation is 1. The number of nitrogens with one attached hydrogen (secondary N) is 1. The summed E-state index contributed by atoms with van der Waals surface area (Å²) in [6.07, 6.45) is 0. The number of benzene rings is 2. The maximum absolute atomic E-state index is 12.1. The molecular weight excluding hydrogens is 288 g/mol. The smallest absolute Gasteiger partial charge is 0.248 e. The molecule has 5 nitrogen and oxygen atoms in total. The summed E-state index contributed by atoms with van der Waals surface area (Å²) < 4.78 is 26.7. The van der Waals surface area contributed by atoms with Crippen LogP contribution >= 0.6 is 0 Å². The summed E-state index contributed by atoms with van der Waals surface area (Å²) in [5.74, 6) is -0.512. The summed E-state index contributed by atoms with van der Waals surface area (Å²) in [6, 6.07) is 13.1. The molecule has 0 unspecified atom stereocenters. The number of hydrogen-bond acceptors (Lipinski definition) is 3. The Morgan fingerprint density at radius 2 is 1.62 bits per heavy atom. The highest BCUT2D eigenvalue weighted by Gasteiger charge is 2.13. The molecule has 21 heavy (non-hydrogen) atoms. The number of carbonyl (C=O) groups excluding carboxylic acids is 1. The maximum atomic E-state index is 12.1. The number of carbonyl (C=O) groups is 1. The zero-order valence-corrected chi connectivity index (χ0v) is 12.4. The predicted molar refractivity (Wildman–Crippen MR) is 80.2 cm³/mol. The van der Waals surface area contributed by atoms with E-state index in [2.05, 4.69) is 4.72 Å². The molecule has 3 N–H and O–H groups in total. The van der Waals surface area contributed by atoms with Gasteiger partial charge in [-0.1, -0.05) is 29.8 Å². The first-order valence-corrected chi connectivity index (χ1v) is 7.82. The lowest BCUT2D eigenvalue weighted by Gasteiger charge is -2.07. The second-order valence-corrected chi connectivity index (χ2v) is 6.47. The fourth-order valence-corrected chi connectivity index (χ4v) is 2.78. The zero-order valence-electron chi connectivity index (χ0n) is 11.5. The summed E-state index contributed by atoms with van der Waals surface area (Å²) in [4.78, 5) is 11.2. The topological polar surface area (TPSA) is 89.3 Å². The minimum absolute atomic E-state index is 0.148. The SMILES string of the molecule is Cc1ccc(S(=O)(=O)NCc2ccc(C(N)=O)cc2)cc1. The molecular formula is C15H16N2O3S. The quantitative estimate of drug-likeness (QED) is 0.878. The van der Waals surface area contributed by atoms with Gasteiger partial charge in [0, 0.05) is 12.1 Å². The third-order valence-electron chi connectivity index (χ3n) is 3.04. The molecule has 2 aromatic rings. The molecule has 0 heterocycles. The lowest BCUT2D eigenvalue weighted by atomic mass is 10.1. The average Bonchev–Trinajstić information content (AvgIpc) is 2.46. The molecule has 0 atom stereocenters. The van der Waals surface area contributed by atoms with Crippen molar-refractivity contribution in [1.29, 1.82) is 0 Å². The van der Waals surface area contributed by atoms with Gasteiger partial charge in [0.15, 0.2) is 0 Å². The molecule has 0 fully saturated rings. The van der Waals surface area contributed by atoms with Gasteiger partial charge >= 0.3 is 0 Å². The van der Waals surface area contributed by atoms with E-state index >= 15 is 0 Å². The monoisotopic (exact) mass is 304 g/mol. The van der Waals surface area contributed by atoms with E-state index in [1.54, 1.807) is 48.5 Å². The fourth-order valence-electron chi connectivity index (χ4n) is 1.77. The van der Waals surface area contributed by atoms with Crippen LogP contribution in [0.2, 0.25) is 0 Å². The summed E-state index contributed by atoms with van der Waals surface area (Å²) in [5, 5.41) is 0. The Morgan fingerprint density at radius 1 is 1.05 bits per heavy atom. The van der Waals surface area contributed by atoms with Gasteiger partial charge in [0.1, 0.15) is 0 Å². The second-order valence-electron chi connectivity index (χ2n) is 4.70. The molecule has 0 aliphatic carbocycles. The number of nitrogens with two attached hydrogens (primary N) is 1. The van der Waals surface area contributed by atoms with E-state index in [9.17, 15) is 13.2 Å². The van der Waals surface area contributed by atoms with E-state index in [-0.39, 0.29) is 11.4 Å². The van der Waals surface area contributed by atoms with Crippen LogP contribution in [0.4, 0.5) is 0 Å². The maximum Gasteiger partial charge on any atom is 0.248 e. The summed E-state index contributed by atoms with van der Waals surface area (Å²) in [7, 11) is -3.54. The molecule has 0 radical (unpaired) electrons. The van der Waals surface area contributed by atoms with Gasteiger partial charge in [-0.25, -0.2) is 13.1 Å². The van der Waals surface area contributed by atoms with Gasteiger partial charge in [-0.3, -0.25) is 4.79 Å². The van der Waals surface area contributed by atoms with Crippen LogP contribution in [-0.4, -0.2) is 14.3 Å². The molecule has 0 aliphatic heterocycles. The minimum Gasteiger partial charge on any atom is -0.366 e. The van der Waals surface area contributed by atoms with Crippen LogP contribution < -0.4 is 10.5 Å². The molecule has 0 saturated heterocycles. The van der Waals surface area contributed by atoms with Crippen LogP contribution in [0.3, 0.4) is 0 Å². The van der Waals surface area contributed by atoms with E-state index < -0.39 is 15.9 Å². The Balaban J connectivity index is 2.08. The van der Waals surface area contributed by atoms with Gasteiger partial charge in [0.25, 0.3) is 0 Å². The van der Waals surface area contributed by atoms with Crippen molar-refractivity contribution in [3.63, 3.8) is 0 Å². The molecule has 0 aromatic heterocycles. The molecule has 2 rings (SSSR count). The van der Waals surface area contributed by atoms with Crippen LogP contribution in [0, 0.1) is 6.92 Å². The molecule has 0 spiro atoms. The lowest BCUT2D eigenvalue weighted by Crippen LogP contribution is -2.23. The molecule has 6 heteroatoms. The van der Waals surface area contributed by atoms with Crippen LogP contribution in [0.15, 0.2) is 53.4 Å². The Bertz CT molecular complexity index is 735. The first-order valence-electron chi connectivity index (χ1n) is 6.33. The number of primary amides is 1.